The molecule has 1 fully saturated rings. The first-order valence-electron chi connectivity index (χ1n) is 8.80. The van der Waals surface area contributed by atoms with Crippen molar-refractivity contribution in [3.8, 4) is 0 Å². The van der Waals surface area contributed by atoms with Gasteiger partial charge in [0.15, 0.2) is 0 Å². The average molecular weight is 394 g/mol. The molecule has 1 amide bonds. The van der Waals surface area contributed by atoms with E-state index in [1.54, 1.807) is 0 Å². The molecule has 148 valence electrons. The Morgan fingerprint density at radius 3 is 2.65 bits per heavy atom. The first-order chi connectivity index (χ1) is 11.8. The van der Waals surface area contributed by atoms with Gasteiger partial charge in [0.2, 0.25) is 5.91 Å². The lowest BCUT2D eigenvalue weighted by Gasteiger charge is -2.27. The van der Waals surface area contributed by atoms with Gasteiger partial charge in [-0.05, 0) is 50.9 Å². The molecular weight excluding hydrogens is 367 g/mol. The van der Waals surface area contributed by atoms with Crippen LogP contribution in [-0.4, -0.2) is 25.0 Å². The Bertz CT molecular complexity index is 596. The molecule has 0 aliphatic carbocycles. The van der Waals surface area contributed by atoms with Crippen LogP contribution in [0.15, 0.2) is 18.2 Å². The van der Waals surface area contributed by atoms with Gasteiger partial charge < -0.3 is 16.0 Å². The van der Waals surface area contributed by atoms with Gasteiger partial charge in [0, 0.05) is 18.5 Å². The lowest BCUT2D eigenvalue weighted by Crippen LogP contribution is -2.40. The SMILES string of the molecule is CCCCNc1ccc(C(F)(F)F)cc1NC(=O)[C@H]1CCN[C@@H](C)C1.Cl. The minimum Gasteiger partial charge on any atom is -0.383 e. The highest BCUT2D eigenvalue weighted by Gasteiger charge is 2.32. The maximum Gasteiger partial charge on any atom is 0.416 e. The minimum absolute atomic E-state index is 0. The third-order valence-corrected chi connectivity index (χ3v) is 4.45. The van der Waals surface area contributed by atoms with Crippen molar-refractivity contribution >= 4 is 29.7 Å². The zero-order valence-electron chi connectivity index (χ0n) is 15.1. The summed E-state index contributed by atoms with van der Waals surface area (Å²) in [5.41, 5.74) is -0.0404. The molecule has 1 aromatic carbocycles. The predicted molar refractivity (Wildman–Crippen MR) is 101 cm³/mol. The Kier molecular flexibility index (Phi) is 8.70. The van der Waals surface area contributed by atoms with E-state index in [4.69, 9.17) is 0 Å². The van der Waals surface area contributed by atoms with Crippen LogP contribution in [0.2, 0.25) is 0 Å². The number of rotatable bonds is 6. The van der Waals surface area contributed by atoms with Gasteiger partial charge in [-0.3, -0.25) is 4.79 Å². The van der Waals surface area contributed by atoms with Gasteiger partial charge in [-0.2, -0.15) is 13.2 Å². The van der Waals surface area contributed by atoms with Crippen LogP contribution in [-0.2, 0) is 11.0 Å². The van der Waals surface area contributed by atoms with Crippen molar-refractivity contribution in [1.82, 2.24) is 5.32 Å². The molecule has 1 aliphatic heterocycles. The summed E-state index contributed by atoms with van der Waals surface area (Å²) >= 11 is 0. The zero-order valence-corrected chi connectivity index (χ0v) is 15.9. The molecule has 0 aromatic heterocycles. The quantitative estimate of drug-likeness (QED) is 0.616. The van der Waals surface area contributed by atoms with Crippen molar-refractivity contribution in [2.24, 2.45) is 5.92 Å². The summed E-state index contributed by atoms with van der Waals surface area (Å²) in [7, 11) is 0. The van der Waals surface area contributed by atoms with Gasteiger partial charge >= 0.3 is 6.18 Å². The number of carbonyl (C=O) groups is 1. The largest absolute Gasteiger partial charge is 0.416 e. The number of piperidine rings is 1. The number of benzene rings is 1. The Labute approximate surface area is 158 Å². The van der Waals surface area contributed by atoms with Gasteiger partial charge in [-0.1, -0.05) is 13.3 Å². The minimum atomic E-state index is -4.44. The molecule has 1 heterocycles. The molecular formula is C18H27ClF3N3O. The molecule has 4 nitrogen and oxygen atoms in total. The summed E-state index contributed by atoms with van der Waals surface area (Å²) in [5, 5.41) is 9.09. The Morgan fingerprint density at radius 2 is 2.04 bits per heavy atom. The van der Waals surface area contributed by atoms with Crippen LogP contribution in [0.25, 0.3) is 0 Å². The van der Waals surface area contributed by atoms with E-state index in [2.05, 4.69) is 16.0 Å². The fourth-order valence-corrected chi connectivity index (χ4v) is 2.98. The molecule has 3 N–H and O–H groups in total. The average Bonchev–Trinajstić information content (AvgIpc) is 2.55. The van der Waals surface area contributed by atoms with E-state index >= 15 is 0 Å². The molecule has 8 heteroatoms. The standard InChI is InChI=1S/C18H26F3N3O.ClH/c1-3-4-8-23-15-6-5-14(18(19,20)21)11-16(15)24-17(25)13-7-9-22-12(2)10-13;/h5-6,11-13,22-23H,3-4,7-10H2,1-2H3,(H,24,25);1H/t12-,13-;/m0./s1. The van der Waals surface area contributed by atoms with Crippen LogP contribution >= 0.6 is 12.4 Å². The number of nitrogens with one attached hydrogen (secondary N) is 3. The number of unbranched alkanes of at least 4 members (excludes halogenated alkanes) is 1. The van der Waals surface area contributed by atoms with E-state index in [-0.39, 0.29) is 36.0 Å². The fraction of sp³-hybridized carbons (Fsp3) is 0.611. The molecule has 0 saturated carbocycles. The van der Waals surface area contributed by atoms with Gasteiger partial charge in [-0.15, -0.1) is 12.4 Å². The number of hydrogen-bond donors (Lipinski definition) is 3. The van der Waals surface area contributed by atoms with Crippen molar-refractivity contribution < 1.29 is 18.0 Å². The normalized spacial score (nSPS) is 20.2. The van der Waals surface area contributed by atoms with Crippen molar-refractivity contribution in [3.05, 3.63) is 23.8 Å². The summed E-state index contributed by atoms with van der Waals surface area (Å²) in [5.74, 6) is -0.402. The highest BCUT2D eigenvalue weighted by Crippen LogP contribution is 2.34. The summed E-state index contributed by atoms with van der Waals surface area (Å²) in [6, 6.07) is 3.67. The van der Waals surface area contributed by atoms with Crippen LogP contribution in [0, 0.1) is 5.92 Å². The molecule has 0 unspecified atom stereocenters. The summed E-state index contributed by atoms with van der Waals surface area (Å²) in [6.45, 7) is 5.43. The third-order valence-electron chi connectivity index (χ3n) is 4.45. The van der Waals surface area contributed by atoms with Crippen LogP contribution in [0.5, 0.6) is 0 Å². The maximum atomic E-state index is 13.0. The monoisotopic (exact) mass is 393 g/mol. The maximum absolute atomic E-state index is 13.0. The molecule has 0 radical (unpaired) electrons. The van der Waals surface area contributed by atoms with Crippen molar-refractivity contribution in [3.63, 3.8) is 0 Å². The Balaban J connectivity index is 0.00000338. The topological polar surface area (TPSA) is 53.2 Å². The zero-order chi connectivity index (χ0) is 18.4. The van der Waals surface area contributed by atoms with Crippen LogP contribution < -0.4 is 16.0 Å². The van der Waals surface area contributed by atoms with Crippen LogP contribution in [0.3, 0.4) is 0 Å². The van der Waals surface area contributed by atoms with Gasteiger partial charge in [0.1, 0.15) is 0 Å². The third kappa shape index (κ3) is 6.36. The van der Waals surface area contributed by atoms with Crippen molar-refractivity contribution in [2.45, 2.75) is 51.7 Å². The number of carbonyl (C=O) groups excluding carboxylic acids is 1. The van der Waals surface area contributed by atoms with E-state index in [1.807, 2.05) is 13.8 Å². The van der Waals surface area contributed by atoms with E-state index in [1.165, 1.54) is 6.07 Å². The van der Waals surface area contributed by atoms with Crippen molar-refractivity contribution in [1.29, 1.82) is 0 Å². The number of halogens is 4. The van der Waals surface area contributed by atoms with E-state index < -0.39 is 11.7 Å². The first-order valence-corrected chi connectivity index (χ1v) is 8.80. The van der Waals surface area contributed by atoms with Gasteiger partial charge in [0.25, 0.3) is 0 Å². The highest BCUT2D eigenvalue weighted by atomic mass is 35.5. The molecule has 2 atom stereocenters. The summed E-state index contributed by atoms with van der Waals surface area (Å²) < 4.78 is 39.0. The molecule has 1 aliphatic rings. The highest BCUT2D eigenvalue weighted by molar-refractivity contribution is 5.96. The predicted octanol–water partition coefficient (Wildman–Crippen LogP) is 4.67. The van der Waals surface area contributed by atoms with Crippen LogP contribution in [0.4, 0.5) is 24.5 Å². The molecule has 1 saturated heterocycles. The molecule has 26 heavy (non-hydrogen) atoms. The smallest absolute Gasteiger partial charge is 0.383 e. The second-order valence-corrected chi connectivity index (χ2v) is 6.60. The van der Waals surface area contributed by atoms with Gasteiger partial charge in [-0.25, -0.2) is 0 Å². The number of hydrogen-bond acceptors (Lipinski definition) is 3. The second-order valence-electron chi connectivity index (χ2n) is 6.60. The van der Waals surface area contributed by atoms with E-state index in [9.17, 15) is 18.0 Å². The first kappa shape index (κ1) is 22.6. The summed E-state index contributed by atoms with van der Waals surface area (Å²) in [4.78, 5) is 12.5. The molecule has 2 rings (SSSR count). The Hall–Kier alpha value is -1.47. The number of alkyl halides is 3. The van der Waals surface area contributed by atoms with E-state index in [0.29, 0.717) is 25.1 Å². The lowest BCUT2D eigenvalue weighted by molar-refractivity contribution is -0.137. The Morgan fingerprint density at radius 1 is 1.31 bits per heavy atom. The van der Waals surface area contributed by atoms with Crippen molar-refractivity contribution in [2.75, 3.05) is 23.7 Å². The number of anilines is 2. The number of amides is 1. The van der Waals surface area contributed by atoms with Crippen LogP contribution in [0.1, 0.15) is 45.1 Å². The molecule has 1 aromatic rings. The van der Waals surface area contributed by atoms with Gasteiger partial charge in [0.05, 0.1) is 16.9 Å². The van der Waals surface area contributed by atoms with E-state index in [0.717, 1.165) is 31.5 Å². The molecule has 0 spiro atoms. The molecule has 0 bridgehead atoms. The summed E-state index contributed by atoms with van der Waals surface area (Å²) in [6.07, 6.45) is -1.19. The second kappa shape index (κ2) is 10.0. The fourth-order valence-electron chi connectivity index (χ4n) is 2.98. The lowest BCUT2D eigenvalue weighted by atomic mass is 9.92.